The number of unbranched alkanes of at least 4 members (excludes halogenated alkanes) is 18. The number of carbonyl (C=O) groups excluding carboxylic acids is 3. The zero-order valence-electron chi connectivity index (χ0n) is 52.0. The van der Waals surface area contributed by atoms with Gasteiger partial charge in [0.15, 0.2) is 6.10 Å². The Morgan fingerprint density at radius 1 is 0.259 bits per heavy atom. The number of allylic oxidation sites excluding steroid dienone is 28. The first-order valence-electron chi connectivity index (χ1n) is 32.6. The second-order valence-electron chi connectivity index (χ2n) is 20.9. The highest BCUT2D eigenvalue weighted by atomic mass is 16.6. The van der Waals surface area contributed by atoms with Gasteiger partial charge in [-0.1, -0.05) is 281 Å². The molecule has 0 radical (unpaired) electrons. The van der Waals surface area contributed by atoms with Crippen molar-refractivity contribution in [2.24, 2.45) is 0 Å². The van der Waals surface area contributed by atoms with Crippen LogP contribution in [0, 0.1) is 0 Å². The molecule has 0 aliphatic rings. The van der Waals surface area contributed by atoms with Crippen LogP contribution in [-0.2, 0) is 28.6 Å². The molecule has 6 nitrogen and oxygen atoms in total. The fourth-order valence-corrected chi connectivity index (χ4v) is 8.40. The van der Waals surface area contributed by atoms with Crippen molar-refractivity contribution in [1.82, 2.24) is 0 Å². The van der Waals surface area contributed by atoms with Crippen LogP contribution in [0.1, 0.15) is 265 Å². The van der Waals surface area contributed by atoms with Gasteiger partial charge < -0.3 is 14.2 Å². The number of rotatable bonds is 57. The number of carbonyl (C=O) groups is 3. The summed E-state index contributed by atoms with van der Waals surface area (Å²) >= 11 is 0. The first kappa shape index (κ1) is 75.8. The van der Waals surface area contributed by atoms with E-state index >= 15 is 0 Å². The predicted molar refractivity (Wildman–Crippen MR) is 352 cm³/mol. The fraction of sp³-hybridized carbons (Fsp3) is 0.587. The van der Waals surface area contributed by atoms with E-state index in [2.05, 4.69) is 191 Å². The fourth-order valence-electron chi connectivity index (χ4n) is 8.40. The van der Waals surface area contributed by atoms with Gasteiger partial charge in [-0.15, -0.1) is 0 Å². The predicted octanol–water partition coefficient (Wildman–Crippen LogP) is 22.7. The van der Waals surface area contributed by atoms with Crippen molar-refractivity contribution in [2.75, 3.05) is 13.2 Å². The Morgan fingerprint density at radius 3 is 0.753 bits per heavy atom. The maximum Gasteiger partial charge on any atom is 0.306 e. The summed E-state index contributed by atoms with van der Waals surface area (Å²) in [7, 11) is 0. The molecule has 454 valence electrons. The van der Waals surface area contributed by atoms with Crippen LogP contribution in [0.15, 0.2) is 170 Å². The second kappa shape index (κ2) is 67.3. The molecule has 0 saturated carbocycles. The van der Waals surface area contributed by atoms with Crippen molar-refractivity contribution in [3.63, 3.8) is 0 Å². The molecule has 81 heavy (non-hydrogen) atoms. The molecule has 0 saturated heterocycles. The molecule has 0 fully saturated rings. The van der Waals surface area contributed by atoms with E-state index in [9.17, 15) is 14.4 Å². The van der Waals surface area contributed by atoms with E-state index in [0.29, 0.717) is 19.3 Å². The molecule has 0 aliphatic heterocycles. The summed E-state index contributed by atoms with van der Waals surface area (Å²) < 4.78 is 16.9. The van der Waals surface area contributed by atoms with Crippen molar-refractivity contribution in [1.29, 1.82) is 0 Å². The first-order valence-corrected chi connectivity index (χ1v) is 32.6. The lowest BCUT2D eigenvalue weighted by atomic mass is 10.0. The van der Waals surface area contributed by atoms with Gasteiger partial charge in [-0.3, -0.25) is 14.4 Å². The Balaban J connectivity index is 4.46. The summed E-state index contributed by atoms with van der Waals surface area (Å²) in [5, 5.41) is 0. The highest BCUT2D eigenvalue weighted by Gasteiger charge is 2.19. The summed E-state index contributed by atoms with van der Waals surface area (Å²) in [6, 6.07) is 0. The van der Waals surface area contributed by atoms with E-state index in [0.717, 1.165) is 154 Å². The molecule has 1 atom stereocenters. The molecular weight excluding hydrogens is 997 g/mol. The molecule has 0 amide bonds. The van der Waals surface area contributed by atoms with Crippen molar-refractivity contribution in [2.45, 2.75) is 271 Å². The molecule has 0 aromatic carbocycles. The van der Waals surface area contributed by atoms with Gasteiger partial charge in [-0.2, -0.15) is 0 Å². The molecule has 0 aromatic rings. The van der Waals surface area contributed by atoms with Gasteiger partial charge in [0.1, 0.15) is 13.2 Å². The minimum atomic E-state index is -0.818. The summed E-state index contributed by atoms with van der Waals surface area (Å²) in [4.78, 5) is 38.3. The van der Waals surface area contributed by atoms with Crippen molar-refractivity contribution >= 4 is 17.9 Å². The van der Waals surface area contributed by atoms with E-state index in [1.807, 2.05) is 0 Å². The second-order valence-corrected chi connectivity index (χ2v) is 20.9. The van der Waals surface area contributed by atoms with Crippen molar-refractivity contribution in [3.05, 3.63) is 170 Å². The smallest absolute Gasteiger partial charge is 0.306 e. The average molecular weight is 1120 g/mol. The maximum absolute atomic E-state index is 12.9. The molecule has 0 aromatic heterocycles. The third-order valence-electron chi connectivity index (χ3n) is 13.2. The largest absolute Gasteiger partial charge is 0.462 e. The summed E-state index contributed by atoms with van der Waals surface area (Å²) in [5.74, 6) is -0.978. The number of hydrogen-bond donors (Lipinski definition) is 0. The molecule has 0 N–H and O–H groups in total. The number of esters is 3. The van der Waals surface area contributed by atoms with Crippen LogP contribution in [0.5, 0.6) is 0 Å². The van der Waals surface area contributed by atoms with Gasteiger partial charge in [0, 0.05) is 19.3 Å². The van der Waals surface area contributed by atoms with Gasteiger partial charge in [0.2, 0.25) is 0 Å². The SMILES string of the molecule is CC/C=C\C/C=C\C/C=C\C/C=C\C/C=C\C/C=C\C/C=C\C/C=C\C/C=C\CCCCCC(=O)OCC(COC(=O)CCCCCCCCCCCCCCC)OC(=O)CCCCC/C=C\C/C=C\C/C=C\C/C=C\C/C=C\CC. The third-order valence-corrected chi connectivity index (χ3v) is 13.2. The van der Waals surface area contributed by atoms with Crippen LogP contribution in [-0.4, -0.2) is 37.2 Å². The molecule has 0 spiro atoms. The molecule has 0 aliphatic carbocycles. The lowest BCUT2D eigenvalue weighted by molar-refractivity contribution is -0.167. The van der Waals surface area contributed by atoms with Crippen molar-refractivity contribution in [3.8, 4) is 0 Å². The minimum absolute atomic E-state index is 0.107. The van der Waals surface area contributed by atoms with Crippen molar-refractivity contribution < 1.29 is 28.6 Å². The Labute approximate surface area is 498 Å². The number of hydrogen-bond acceptors (Lipinski definition) is 6. The number of ether oxygens (including phenoxy) is 3. The summed E-state index contributed by atoms with van der Waals surface area (Å²) in [6.07, 6.45) is 99.3. The van der Waals surface area contributed by atoms with E-state index in [1.54, 1.807) is 0 Å². The highest BCUT2D eigenvalue weighted by Crippen LogP contribution is 2.15. The monoisotopic (exact) mass is 1110 g/mol. The van der Waals surface area contributed by atoms with Crippen LogP contribution in [0.25, 0.3) is 0 Å². The van der Waals surface area contributed by atoms with E-state index in [4.69, 9.17) is 14.2 Å². The Bertz CT molecular complexity index is 1860. The van der Waals surface area contributed by atoms with Gasteiger partial charge in [0.25, 0.3) is 0 Å². The highest BCUT2D eigenvalue weighted by molar-refractivity contribution is 5.71. The van der Waals surface area contributed by atoms with Gasteiger partial charge >= 0.3 is 17.9 Å². The standard InChI is InChI=1S/C75H118O6/c1-4-7-10-13-16-19-22-25-27-29-31-32-33-34-35-36-37-38-39-40-41-42-44-45-47-50-53-56-59-62-65-68-74(77)80-71-72(70-79-73(76)67-64-61-58-55-52-49-24-21-18-15-12-9-6-3)81-75(78)69-66-63-60-57-54-51-48-46-43-30-28-26-23-20-17-14-11-8-5-2/h7-8,10-11,16-17,19-20,25-28,31-32,34-35,37-38,40-41,43-46,50-51,53-54,72H,4-6,9,12-15,18,21-24,29-30,33,36,39,42,47-49,52,55-71H2,1-3H3/b10-7-,11-8-,19-16-,20-17-,27-25-,28-26-,32-31-,35-34-,38-37-,41-40-,45-44-,46-43-,53-50-,54-51-. The maximum atomic E-state index is 12.9. The lowest BCUT2D eigenvalue weighted by Crippen LogP contribution is -2.30. The Hall–Kier alpha value is -5.23. The Morgan fingerprint density at radius 2 is 0.481 bits per heavy atom. The molecule has 6 heteroatoms. The van der Waals surface area contributed by atoms with Crippen LogP contribution in [0.3, 0.4) is 0 Å². The van der Waals surface area contributed by atoms with Gasteiger partial charge in [0.05, 0.1) is 0 Å². The zero-order chi connectivity index (χ0) is 58.5. The first-order chi connectivity index (χ1) is 40.0. The van der Waals surface area contributed by atoms with Crippen LogP contribution < -0.4 is 0 Å². The van der Waals surface area contributed by atoms with E-state index in [1.165, 1.54) is 64.2 Å². The van der Waals surface area contributed by atoms with Crippen LogP contribution in [0.2, 0.25) is 0 Å². The minimum Gasteiger partial charge on any atom is -0.462 e. The Kier molecular flexibility index (Phi) is 62.9. The normalized spacial score (nSPS) is 13.3. The van der Waals surface area contributed by atoms with Gasteiger partial charge in [-0.05, 0) is 135 Å². The molecule has 0 bridgehead atoms. The van der Waals surface area contributed by atoms with Gasteiger partial charge in [-0.25, -0.2) is 0 Å². The van der Waals surface area contributed by atoms with Crippen LogP contribution in [0.4, 0.5) is 0 Å². The topological polar surface area (TPSA) is 78.9 Å². The molecular formula is C75H118O6. The molecule has 0 rings (SSSR count). The zero-order valence-corrected chi connectivity index (χ0v) is 52.0. The molecule has 0 heterocycles. The summed E-state index contributed by atoms with van der Waals surface area (Å²) in [6.45, 7) is 6.35. The van der Waals surface area contributed by atoms with Crippen LogP contribution >= 0.6 is 0 Å². The summed E-state index contributed by atoms with van der Waals surface area (Å²) in [5.41, 5.74) is 0. The van der Waals surface area contributed by atoms with E-state index < -0.39 is 6.10 Å². The molecule has 1 unspecified atom stereocenters. The average Bonchev–Trinajstić information content (AvgIpc) is 3.46. The quantitative estimate of drug-likeness (QED) is 0.0261. The lowest BCUT2D eigenvalue weighted by Gasteiger charge is -2.18. The van der Waals surface area contributed by atoms with E-state index in [-0.39, 0.29) is 37.5 Å². The third kappa shape index (κ3) is 65.5.